The molecule has 0 unspecified atom stereocenters. The van der Waals surface area contributed by atoms with Crippen LogP contribution in [0.25, 0.3) is 0 Å². The van der Waals surface area contributed by atoms with Gasteiger partial charge in [0.15, 0.2) is 11.7 Å². The van der Waals surface area contributed by atoms with Gasteiger partial charge in [-0.15, -0.1) is 0 Å². The quantitative estimate of drug-likeness (QED) is 0.445. The van der Waals surface area contributed by atoms with E-state index in [9.17, 15) is 14.4 Å². The third-order valence-corrected chi connectivity index (χ3v) is 6.60. The number of amides is 3. The molecule has 1 fully saturated rings. The first kappa shape index (κ1) is 23.3. The number of methoxy groups -OCH3 is 1. The normalized spacial score (nSPS) is 14.5. The summed E-state index contributed by atoms with van der Waals surface area (Å²) in [4.78, 5) is 40.4. The summed E-state index contributed by atoms with van der Waals surface area (Å²) in [6.45, 7) is 0. The minimum absolute atomic E-state index is 0.00478. The molecule has 178 valence electrons. The molecule has 0 spiro atoms. The molecular weight excluding hydrogens is 458 g/mol. The number of nitrogens with two attached hydrogens (primary N) is 2. The number of nitrogens with zero attached hydrogens (tertiary/aromatic N) is 2. The first-order valence-electron chi connectivity index (χ1n) is 10.8. The number of nitrogen functional groups attached to an aromatic ring is 1. The lowest BCUT2D eigenvalue weighted by Gasteiger charge is -2.30. The molecule has 10 nitrogen and oxygen atoms in total. The number of benzene rings is 1. The van der Waals surface area contributed by atoms with Gasteiger partial charge in [0.1, 0.15) is 16.4 Å². The van der Waals surface area contributed by atoms with Crippen LogP contribution in [0.15, 0.2) is 47.1 Å². The number of primary amides is 1. The van der Waals surface area contributed by atoms with Gasteiger partial charge in [0.25, 0.3) is 17.7 Å². The Kier molecular flexibility index (Phi) is 6.82. The molecule has 1 aromatic carbocycles. The molecule has 0 saturated heterocycles. The molecule has 0 radical (unpaired) electrons. The Balaban J connectivity index is 1.80. The molecule has 34 heavy (non-hydrogen) atoms. The first-order valence-corrected chi connectivity index (χ1v) is 11.5. The predicted molar refractivity (Wildman–Crippen MR) is 127 cm³/mol. The van der Waals surface area contributed by atoms with Crippen LogP contribution in [0, 0.1) is 0 Å². The van der Waals surface area contributed by atoms with Crippen molar-refractivity contribution in [3.8, 4) is 5.75 Å². The Hall–Kier alpha value is -3.86. The van der Waals surface area contributed by atoms with E-state index in [-0.39, 0.29) is 34.0 Å². The van der Waals surface area contributed by atoms with E-state index in [0.717, 1.165) is 37.2 Å². The van der Waals surface area contributed by atoms with Gasteiger partial charge in [-0.1, -0.05) is 12.8 Å². The van der Waals surface area contributed by atoms with Crippen LogP contribution in [0.1, 0.15) is 57.6 Å². The van der Waals surface area contributed by atoms with Crippen LogP contribution in [0.4, 0.5) is 11.4 Å². The fourth-order valence-corrected chi connectivity index (χ4v) is 4.78. The number of furan rings is 1. The zero-order valence-electron chi connectivity index (χ0n) is 18.5. The fourth-order valence-electron chi connectivity index (χ4n) is 4.04. The molecule has 0 aliphatic heterocycles. The van der Waals surface area contributed by atoms with Gasteiger partial charge < -0.3 is 25.9 Å². The maximum atomic E-state index is 13.8. The average Bonchev–Trinajstić information content (AvgIpc) is 3.59. The first-order chi connectivity index (χ1) is 16.4. The third kappa shape index (κ3) is 4.60. The number of aromatic nitrogens is 1. The summed E-state index contributed by atoms with van der Waals surface area (Å²) < 4.78 is 14.8. The van der Waals surface area contributed by atoms with Crippen molar-refractivity contribution in [2.75, 3.05) is 17.7 Å². The lowest BCUT2D eigenvalue weighted by atomic mass is 10.1. The molecule has 1 atom stereocenters. The van der Waals surface area contributed by atoms with E-state index in [1.807, 2.05) is 0 Å². The SMILES string of the molecule is COc1ccc(N(C(=O)c2snc(C(N)=O)c2N)[C@@H](C(=O)NC2CCCC2)c2ccco2)cc1. The highest BCUT2D eigenvalue weighted by molar-refractivity contribution is 7.09. The Morgan fingerprint density at radius 3 is 2.47 bits per heavy atom. The van der Waals surface area contributed by atoms with E-state index in [2.05, 4.69) is 9.69 Å². The van der Waals surface area contributed by atoms with Crippen molar-refractivity contribution in [3.05, 3.63) is 59.0 Å². The summed E-state index contributed by atoms with van der Waals surface area (Å²) >= 11 is 0.748. The largest absolute Gasteiger partial charge is 0.497 e. The van der Waals surface area contributed by atoms with Gasteiger partial charge in [-0.25, -0.2) is 0 Å². The molecule has 0 bridgehead atoms. The van der Waals surface area contributed by atoms with Crippen molar-refractivity contribution < 1.29 is 23.5 Å². The third-order valence-electron chi connectivity index (χ3n) is 5.75. The molecule has 1 aliphatic rings. The number of carbonyl (C=O) groups is 3. The Bertz CT molecular complexity index is 1170. The minimum atomic E-state index is -1.13. The molecule has 1 aliphatic carbocycles. The fraction of sp³-hybridized carbons (Fsp3) is 0.304. The Morgan fingerprint density at radius 2 is 1.91 bits per heavy atom. The van der Waals surface area contributed by atoms with Crippen molar-refractivity contribution in [1.29, 1.82) is 0 Å². The lowest BCUT2D eigenvalue weighted by molar-refractivity contribution is -0.123. The summed E-state index contributed by atoms with van der Waals surface area (Å²) in [7, 11) is 1.53. The van der Waals surface area contributed by atoms with Gasteiger partial charge >= 0.3 is 0 Å². The molecule has 1 saturated carbocycles. The molecule has 3 aromatic rings. The minimum Gasteiger partial charge on any atom is -0.497 e. The smallest absolute Gasteiger partial charge is 0.273 e. The van der Waals surface area contributed by atoms with Crippen LogP contribution in [0.2, 0.25) is 0 Å². The number of hydrogen-bond donors (Lipinski definition) is 3. The van der Waals surface area contributed by atoms with Crippen LogP contribution in [-0.4, -0.2) is 35.2 Å². The van der Waals surface area contributed by atoms with E-state index in [1.165, 1.54) is 18.3 Å². The molecular formula is C23H25N5O5S. The molecule has 11 heteroatoms. The maximum Gasteiger partial charge on any atom is 0.273 e. The number of anilines is 2. The predicted octanol–water partition coefficient (Wildman–Crippen LogP) is 2.87. The van der Waals surface area contributed by atoms with Crippen molar-refractivity contribution in [2.45, 2.75) is 37.8 Å². The second-order valence-electron chi connectivity index (χ2n) is 7.92. The molecule has 2 heterocycles. The summed E-state index contributed by atoms with van der Waals surface area (Å²) in [6.07, 6.45) is 5.25. The highest BCUT2D eigenvalue weighted by Crippen LogP contribution is 2.34. The molecule has 4 rings (SSSR count). The van der Waals surface area contributed by atoms with Gasteiger partial charge in [-0.2, -0.15) is 4.37 Å². The second kappa shape index (κ2) is 9.96. The van der Waals surface area contributed by atoms with Crippen LogP contribution in [-0.2, 0) is 4.79 Å². The summed E-state index contributed by atoms with van der Waals surface area (Å²) in [5.41, 5.74) is 11.5. The number of ether oxygens (including phenoxy) is 1. The highest BCUT2D eigenvalue weighted by atomic mass is 32.1. The zero-order valence-corrected chi connectivity index (χ0v) is 19.3. The van der Waals surface area contributed by atoms with E-state index < -0.39 is 17.9 Å². The highest BCUT2D eigenvalue weighted by Gasteiger charge is 2.38. The van der Waals surface area contributed by atoms with Gasteiger partial charge in [0.2, 0.25) is 0 Å². The van der Waals surface area contributed by atoms with E-state index in [4.69, 9.17) is 20.6 Å². The Morgan fingerprint density at radius 1 is 1.21 bits per heavy atom. The van der Waals surface area contributed by atoms with E-state index >= 15 is 0 Å². The number of nitrogens with one attached hydrogen (secondary N) is 1. The van der Waals surface area contributed by atoms with Crippen LogP contribution >= 0.6 is 11.5 Å². The van der Waals surface area contributed by atoms with Gasteiger partial charge in [0, 0.05) is 11.7 Å². The van der Waals surface area contributed by atoms with Crippen molar-refractivity contribution in [3.63, 3.8) is 0 Å². The molecule has 3 amide bonds. The van der Waals surface area contributed by atoms with Gasteiger partial charge in [0.05, 0.1) is 19.1 Å². The summed E-state index contributed by atoms with van der Waals surface area (Å²) in [5.74, 6) is -0.988. The van der Waals surface area contributed by atoms with Crippen molar-refractivity contribution >= 4 is 40.6 Å². The van der Waals surface area contributed by atoms with Crippen LogP contribution < -0.4 is 26.4 Å². The van der Waals surface area contributed by atoms with Crippen LogP contribution in [0.5, 0.6) is 5.75 Å². The second-order valence-corrected chi connectivity index (χ2v) is 8.69. The summed E-state index contributed by atoms with van der Waals surface area (Å²) in [6, 6.07) is 8.83. The van der Waals surface area contributed by atoms with Gasteiger partial charge in [-0.3, -0.25) is 19.3 Å². The topological polar surface area (TPSA) is 154 Å². The Labute approximate surface area is 200 Å². The standard InChI is InChI=1S/C23H25N5O5S/c1-32-15-10-8-14(9-11-15)28(23(31)20-17(24)18(21(25)29)27-34-20)19(16-7-4-12-33-16)22(30)26-13-5-2-3-6-13/h4,7-13,19H,2-3,5-6,24H2,1H3,(H2,25,29)(H,26,30)/t19-/m1/s1. The monoisotopic (exact) mass is 483 g/mol. The number of hydrogen-bond acceptors (Lipinski definition) is 8. The number of rotatable bonds is 8. The van der Waals surface area contributed by atoms with Crippen molar-refractivity contribution in [2.24, 2.45) is 5.73 Å². The molecule has 2 aromatic heterocycles. The van der Waals surface area contributed by atoms with Crippen LogP contribution in [0.3, 0.4) is 0 Å². The lowest BCUT2D eigenvalue weighted by Crippen LogP contribution is -2.46. The summed E-state index contributed by atoms with van der Waals surface area (Å²) in [5, 5.41) is 3.05. The zero-order chi connectivity index (χ0) is 24.2. The maximum absolute atomic E-state index is 13.8. The van der Waals surface area contributed by atoms with Crippen molar-refractivity contribution in [1.82, 2.24) is 9.69 Å². The average molecular weight is 484 g/mol. The van der Waals surface area contributed by atoms with E-state index in [1.54, 1.807) is 36.4 Å². The van der Waals surface area contributed by atoms with Gasteiger partial charge in [-0.05, 0) is 60.8 Å². The van der Waals surface area contributed by atoms with E-state index in [0.29, 0.717) is 11.4 Å². The molecule has 5 N–H and O–H groups in total. The number of carbonyl (C=O) groups excluding carboxylic acids is 3.